The SMILES string of the molecule is CC=CC1CC(C)CCC1C(=O)O. The molecule has 1 N–H and O–H groups in total. The molecule has 13 heavy (non-hydrogen) atoms. The number of hydrogen-bond donors (Lipinski definition) is 1. The fourth-order valence-electron chi connectivity index (χ4n) is 2.19. The molecular formula is C11H18O2. The highest BCUT2D eigenvalue weighted by Crippen LogP contribution is 2.34. The maximum atomic E-state index is 10.9. The summed E-state index contributed by atoms with van der Waals surface area (Å²) in [6.07, 6.45) is 6.95. The largest absolute Gasteiger partial charge is 0.481 e. The molecule has 0 radical (unpaired) electrons. The van der Waals surface area contributed by atoms with Crippen LogP contribution in [0.15, 0.2) is 12.2 Å². The molecule has 0 aromatic heterocycles. The number of aliphatic carboxylic acids is 1. The van der Waals surface area contributed by atoms with Gasteiger partial charge >= 0.3 is 5.97 Å². The minimum Gasteiger partial charge on any atom is -0.481 e. The Labute approximate surface area is 79.6 Å². The van der Waals surface area contributed by atoms with Crippen molar-refractivity contribution in [3.05, 3.63) is 12.2 Å². The maximum absolute atomic E-state index is 10.9. The van der Waals surface area contributed by atoms with Gasteiger partial charge in [0, 0.05) is 0 Å². The summed E-state index contributed by atoms with van der Waals surface area (Å²) in [4.78, 5) is 10.9. The Balaban J connectivity index is 2.65. The monoisotopic (exact) mass is 182 g/mol. The van der Waals surface area contributed by atoms with Gasteiger partial charge in [-0.1, -0.05) is 19.1 Å². The average molecular weight is 182 g/mol. The van der Waals surface area contributed by atoms with E-state index in [1.165, 1.54) is 0 Å². The highest BCUT2D eigenvalue weighted by molar-refractivity contribution is 5.70. The van der Waals surface area contributed by atoms with E-state index in [-0.39, 0.29) is 11.8 Å². The van der Waals surface area contributed by atoms with E-state index in [9.17, 15) is 4.79 Å². The van der Waals surface area contributed by atoms with Crippen molar-refractivity contribution < 1.29 is 9.90 Å². The fourth-order valence-corrected chi connectivity index (χ4v) is 2.19. The number of allylic oxidation sites excluding steroid dienone is 2. The first-order valence-electron chi connectivity index (χ1n) is 5.00. The maximum Gasteiger partial charge on any atom is 0.307 e. The second-order valence-corrected chi connectivity index (χ2v) is 4.05. The molecular weight excluding hydrogens is 164 g/mol. The van der Waals surface area contributed by atoms with E-state index in [1.807, 2.05) is 13.0 Å². The van der Waals surface area contributed by atoms with Crippen molar-refractivity contribution in [1.29, 1.82) is 0 Å². The van der Waals surface area contributed by atoms with Crippen LogP contribution in [0.1, 0.15) is 33.1 Å². The predicted octanol–water partition coefficient (Wildman–Crippen LogP) is 2.70. The molecule has 2 heteroatoms. The zero-order valence-electron chi connectivity index (χ0n) is 8.36. The Morgan fingerprint density at radius 1 is 1.46 bits per heavy atom. The minimum absolute atomic E-state index is 0.146. The quantitative estimate of drug-likeness (QED) is 0.667. The van der Waals surface area contributed by atoms with Crippen molar-refractivity contribution in [2.24, 2.45) is 17.8 Å². The zero-order valence-corrected chi connectivity index (χ0v) is 8.36. The van der Waals surface area contributed by atoms with Gasteiger partial charge in [0.1, 0.15) is 0 Å². The van der Waals surface area contributed by atoms with Gasteiger partial charge in [-0.3, -0.25) is 4.79 Å². The Morgan fingerprint density at radius 3 is 2.69 bits per heavy atom. The van der Waals surface area contributed by atoms with Gasteiger partial charge in [-0.25, -0.2) is 0 Å². The van der Waals surface area contributed by atoms with Gasteiger partial charge in [0.05, 0.1) is 5.92 Å². The molecule has 0 amide bonds. The van der Waals surface area contributed by atoms with E-state index in [2.05, 4.69) is 13.0 Å². The molecule has 0 saturated heterocycles. The summed E-state index contributed by atoms with van der Waals surface area (Å²) in [5.41, 5.74) is 0. The molecule has 1 rings (SSSR count). The molecule has 0 heterocycles. The molecule has 2 nitrogen and oxygen atoms in total. The van der Waals surface area contributed by atoms with Crippen molar-refractivity contribution in [3.8, 4) is 0 Å². The Morgan fingerprint density at radius 2 is 2.15 bits per heavy atom. The Hall–Kier alpha value is -0.790. The second kappa shape index (κ2) is 4.45. The number of carboxylic acid groups (broad SMARTS) is 1. The lowest BCUT2D eigenvalue weighted by Gasteiger charge is -2.30. The summed E-state index contributed by atoms with van der Waals surface area (Å²) in [7, 11) is 0. The van der Waals surface area contributed by atoms with E-state index in [0.29, 0.717) is 5.92 Å². The highest BCUT2D eigenvalue weighted by Gasteiger charge is 2.31. The molecule has 0 bridgehead atoms. The first-order valence-corrected chi connectivity index (χ1v) is 5.00. The number of carbonyl (C=O) groups is 1. The van der Waals surface area contributed by atoms with E-state index in [0.717, 1.165) is 19.3 Å². The summed E-state index contributed by atoms with van der Waals surface area (Å²) in [5, 5.41) is 8.99. The van der Waals surface area contributed by atoms with Crippen molar-refractivity contribution in [3.63, 3.8) is 0 Å². The van der Waals surface area contributed by atoms with Crippen molar-refractivity contribution in [1.82, 2.24) is 0 Å². The van der Waals surface area contributed by atoms with Crippen LogP contribution in [-0.2, 0) is 4.79 Å². The lowest BCUT2D eigenvalue weighted by Crippen LogP contribution is -2.28. The fraction of sp³-hybridized carbons (Fsp3) is 0.727. The van der Waals surface area contributed by atoms with Gasteiger partial charge in [-0.2, -0.15) is 0 Å². The molecule has 3 atom stereocenters. The molecule has 3 unspecified atom stereocenters. The zero-order chi connectivity index (χ0) is 9.84. The highest BCUT2D eigenvalue weighted by atomic mass is 16.4. The summed E-state index contributed by atoms with van der Waals surface area (Å²) in [5.74, 6) is 0.158. The van der Waals surface area contributed by atoms with Gasteiger partial charge in [0.2, 0.25) is 0 Å². The van der Waals surface area contributed by atoms with E-state index >= 15 is 0 Å². The molecule has 1 fully saturated rings. The molecule has 74 valence electrons. The standard InChI is InChI=1S/C11H18O2/c1-3-4-9-7-8(2)5-6-10(9)11(12)13/h3-4,8-10H,5-7H2,1-2H3,(H,12,13). The normalized spacial score (nSPS) is 35.1. The van der Waals surface area contributed by atoms with Crippen LogP contribution >= 0.6 is 0 Å². The predicted molar refractivity (Wildman–Crippen MR) is 52.4 cm³/mol. The lowest BCUT2D eigenvalue weighted by atomic mass is 9.74. The summed E-state index contributed by atoms with van der Waals surface area (Å²) >= 11 is 0. The third kappa shape index (κ3) is 2.58. The Kier molecular flexibility index (Phi) is 3.52. The molecule has 0 aromatic carbocycles. The van der Waals surface area contributed by atoms with Gasteiger partial charge in [0.15, 0.2) is 0 Å². The lowest BCUT2D eigenvalue weighted by molar-refractivity contribution is -0.144. The Bertz CT molecular complexity index is 208. The first-order chi connectivity index (χ1) is 6.15. The van der Waals surface area contributed by atoms with Crippen molar-refractivity contribution in [2.45, 2.75) is 33.1 Å². The van der Waals surface area contributed by atoms with Crippen LogP contribution < -0.4 is 0 Å². The van der Waals surface area contributed by atoms with Crippen LogP contribution in [0.2, 0.25) is 0 Å². The molecule has 1 saturated carbocycles. The second-order valence-electron chi connectivity index (χ2n) is 4.05. The molecule has 0 aliphatic heterocycles. The summed E-state index contributed by atoms with van der Waals surface area (Å²) in [6, 6.07) is 0. The third-order valence-corrected chi connectivity index (χ3v) is 2.92. The van der Waals surface area contributed by atoms with Gasteiger partial charge in [-0.15, -0.1) is 0 Å². The summed E-state index contributed by atoms with van der Waals surface area (Å²) in [6.45, 7) is 4.16. The minimum atomic E-state index is -0.630. The van der Waals surface area contributed by atoms with Crippen molar-refractivity contribution >= 4 is 5.97 Å². The smallest absolute Gasteiger partial charge is 0.307 e. The van der Waals surface area contributed by atoms with Crippen molar-refractivity contribution in [2.75, 3.05) is 0 Å². The van der Waals surface area contributed by atoms with Crippen LogP contribution in [0.4, 0.5) is 0 Å². The van der Waals surface area contributed by atoms with E-state index < -0.39 is 5.97 Å². The van der Waals surface area contributed by atoms with Gasteiger partial charge in [-0.05, 0) is 38.0 Å². The van der Waals surface area contributed by atoms with Crippen LogP contribution in [0.25, 0.3) is 0 Å². The van der Waals surface area contributed by atoms with Gasteiger partial charge < -0.3 is 5.11 Å². The average Bonchev–Trinajstić information content (AvgIpc) is 2.04. The molecule has 0 spiro atoms. The topological polar surface area (TPSA) is 37.3 Å². The van der Waals surface area contributed by atoms with E-state index in [4.69, 9.17) is 5.11 Å². The number of hydrogen-bond acceptors (Lipinski definition) is 1. The third-order valence-electron chi connectivity index (χ3n) is 2.92. The van der Waals surface area contributed by atoms with Crippen LogP contribution in [-0.4, -0.2) is 11.1 Å². The number of rotatable bonds is 2. The molecule has 1 aliphatic carbocycles. The molecule has 1 aliphatic rings. The first kappa shape index (κ1) is 10.3. The summed E-state index contributed by atoms with van der Waals surface area (Å²) < 4.78 is 0. The van der Waals surface area contributed by atoms with Crippen LogP contribution in [0.3, 0.4) is 0 Å². The van der Waals surface area contributed by atoms with Gasteiger partial charge in [0.25, 0.3) is 0 Å². The van der Waals surface area contributed by atoms with E-state index in [1.54, 1.807) is 0 Å². The number of carboxylic acids is 1. The van der Waals surface area contributed by atoms with Crippen LogP contribution in [0.5, 0.6) is 0 Å². The van der Waals surface area contributed by atoms with Crippen LogP contribution in [0, 0.1) is 17.8 Å². The molecule has 0 aromatic rings.